The number of pyridine rings is 1. The van der Waals surface area contributed by atoms with Crippen LogP contribution in [-0.2, 0) is 37.3 Å². The minimum absolute atomic E-state index is 0. The molecule has 0 bridgehead atoms. The van der Waals surface area contributed by atoms with Crippen LogP contribution in [-0.4, -0.2) is 9.55 Å². The van der Waals surface area contributed by atoms with E-state index >= 15 is 0 Å². The Bertz CT molecular complexity index is 3280. The molecule has 7 aromatic carbocycles. The first kappa shape index (κ1) is 48.0. The van der Waals surface area contributed by atoms with E-state index in [1.54, 1.807) is 0 Å². The maximum Gasteiger partial charge on any atom is 4.00 e. The molecular weight excluding hydrogens is 1010 g/mol. The molecule has 344 valence electrons. The fourth-order valence-corrected chi connectivity index (χ4v) is 9.18. The Labute approximate surface area is 418 Å². The topological polar surface area (TPSA) is 33.5 Å². The zero-order valence-corrected chi connectivity index (χ0v) is 43.4. The summed E-state index contributed by atoms with van der Waals surface area (Å²) < 4.78 is 9.11. The van der Waals surface area contributed by atoms with Crippen molar-refractivity contribution in [2.24, 2.45) is 0 Å². The van der Waals surface area contributed by atoms with Gasteiger partial charge in [0.1, 0.15) is 5.82 Å². The van der Waals surface area contributed by atoms with Gasteiger partial charge in [-0.1, -0.05) is 146 Å². The molecule has 0 saturated heterocycles. The number of nitrogens with zero attached hydrogens (tertiary/aromatic N) is 4. The van der Waals surface area contributed by atoms with Crippen molar-refractivity contribution in [1.29, 1.82) is 0 Å². The van der Waals surface area contributed by atoms with Crippen LogP contribution in [0, 0.1) is 40.1 Å². The van der Waals surface area contributed by atoms with Crippen LogP contribution >= 0.6 is 0 Å². The van der Waals surface area contributed by atoms with E-state index < -0.39 is 0 Å². The first-order valence-electron chi connectivity index (χ1n) is 23.0. The molecule has 0 radical (unpaired) electrons. The SMILES string of the molecule is Cc1cc2c(cc1C)N(c1cc(C(C)(C)C)cc(C(C)(C)c3ccccc3)c1)[CH-]N2c1[c-]c(Oc2[c-]c3c(cc2)c2ccccc2n3-c2cc(C(C)(C)C)ccn2)cc(-c2ccccc2)c1.[CH3-].[Pt+4]. The van der Waals surface area contributed by atoms with E-state index in [2.05, 4.69) is 248 Å². The predicted molar refractivity (Wildman–Crippen MR) is 282 cm³/mol. The minimum Gasteiger partial charge on any atom is -0.509 e. The normalized spacial score (nSPS) is 12.8. The van der Waals surface area contributed by atoms with Gasteiger partial charge in [0.05, 0.1) is 0 Å². The molecule has 10 rings (SSSR count). The van der Waals surface area contributed by atoms with Crippen molar-refractivity contribution in [1.82, 2.24) is 9.55 Å². The summed E-state index contributed by atoms with van der Waals surface area (Å²) in [5.74, 6) is 2.04. The van der Waals surface area contributed by atoms with Crippen molar-refractivity contribution < 1.29 is 25.8 Å². The summed E-state index contributed by atoms with van der Waals surface area (Å²) >= 11 is 0. The van der Waals surface area contributed by atoms with E-state index in [9.17, 15) is 0 Å². The first-order chi connectivity index (χ1) is 31.5. The van der Waals surface area contributed by atoms with Gasteiger partial charge in [-0.15, -0.1) is 53.6 Å². The third kappa shape index (κ3) is 8.90. The summed E-state index contributed by atoms with van der Waals surface area (Å²) in [5.41, 5.74) is 15.4. The maximum atomic E-state index is 6.91. The third-order valence-electron chi connectivity index (χ3n) is 13.4. The van der Waals surface area contributed by atoms with Crippen LogP contribution in [0.4, 0.5) is 22.7 Å². The van der Waals surface area contributed by atoms with E-state index in [-0.39, 0.29) is 44.7 Å². The van der Waals surface area contributed by atoms with Gasteiger partial charge >= 0.3 is 21.1 Å². The molecule has 0 N–H and O–H groups in total. The molecule has 0 amide bonds. The van der Waals surface area contributed by atoms with Gasteiger partial charge < -0.3 is 26.5 Å². The maximum absolute atomic E-state index is 6.91. The fourth-order valence-electron chi connectivity index (χ4n) is 9.18. The van der Waals surface area contributed by atoms with Crippen molar-refractivity contribution >= 4 is 44.6 Å². The number of para-hydroxylation sites is 1. The van der Waals surface area contributed by atoms with E-state index in [1.165, 1.54) is 33.4 Å². The second-order valence-corrected chi connectivity index (χ2v) is 20.5. The van der Waals surface area contributed by atoms with Crippen LogP contribution in [0.5, 0.6) is 11.5 Å². The van der Waals surface area contributed by atoms with Crippen LogP contribution in [0.15, 0.2) is 158 Å². The van der Waals surface area contributed by atoms with E-state index in [4.69, 9.17) is 9.72 Å². The number of fused-ring (bicyclic) bond motifs is 4. The van der Waals surface area contributed by atoms with Crippen LogP contribution < -0.4 is 14.5 Å². The Morgan fingerprint density at radius 1 is 0.529 bits per heavy atom. The number of rotatable bonds is 8. The Kier molecular flexibility index (Phi) is 12.9. The Balaban J connectivity index is 0.00000312. The van der Waals surface area contributed by atoms with Gasteiger partial charge in [0.25, 0.3) is 0 Å². The van der Waals surface area contributed by atoms with Crippen molar-refractivity contribution in [2.45, 2.75) is 85.5 Å². The van der Waals surface area contributed by atoms with Gasteiger partial charge in [0, 0.05) is 45.7 Å². The summed E-state index contributed by atoms with van der Waals surface area (Å²) in [6, 6.07) is 61.8. The zero-order valence-electron chi connectivity index (χ0n) is 41.1. The van der Waals surface area contributed by atoms with Crippen molar-refractivity contribution in [3.05, 3.63) is 217 Å². The van der Waals surface area contributed by atoms with Crippen LogP contribution in [0.3, 0.4) is 0 Å². The second-order valence-electron chi connectivity index (χ2n) is 20.5. The molecular formula is C62H60N4OPt. The molecule has 6 heteroatoms. The van der Waals surface area contributed by atoms with Gasteiger partial charge in [-0.3, -0.25) is 0 Å². The summed E-state index contributed by atoms with van der Waals surface area (Å²) in [7, 11) is 0. The van der Waals surface area contributed by atoms with Gasteiger partial charge in [0.15, 0.2) is 0 Å². The standard InChI is InChI=1S/C61H57N4O.CH3.Pt/c1-40-29-56-57(30-41(40)2)64(49-34-46(60(6,7)8)33-47(35-49)61(9,10)44-21-15-12-16-22-44)39-63(56)48-31-43(42-19-13-11-14-20-42)32-51(37-48)66-50-25-26-53-52-23-17-18-24-54(52)65(55(53)38-50)58-36-45(27-28-62-58)59(3,4)5;;/h11-36,39H,1-10H3;1H3;/q-3;-1;+4. The summed E-state index contributed by atoms with van der Waals surface area (Å²) in [4.78, 5) is 9.52. The number of ether oxygens (including phenoxy) is 1. The summed E-state index contributed by atoms with van der Waals surface area (Å²) in [6.07, 6.45) is 1.91. The number of hydrogen-bond acceptors (Lipinski definition) is 4. The van der Waals surface area contributed by atoms with E-state index in [1.807, 2.05) is 12.3 Å². The van der Waals surface area contributed by atoms with Crippen LogP contribution in [0.25, 0.3) is 38.8 Å². The predicted octanol–water partition coefficient (Wildman–Crippen LogP) is 16.6. The molecule has 0 atom stereocenters. The molecule has 1 aliphatic heterocycles. The van der Waals surface area contributed by atoms with E-state index in [0.29, 0.717) is 11.5 Å². The largest absolute Gasteiger partial charge is 4.00 e. The molecule has 0 aliphatic carbocycles. The number of aryl methyl sites for hydroxylation is 2. The molecule has 5 nitrogen and oxygen atoms in total. The number of aromatic nitrogens is 2. The minimum atomic E-state index is -0.228. The molecule has 0 saturated carbocycles. The summed E-state index contributed by atoms with van der Waals surface area (Å²) in [5, 5.41) is 2.23. The molecule has 2 aromatic heterocycles. The average Bonchev–Trinajstić information content (AvgIpc) is 3.84. The van der Waals surface area contributed by atoms with Crippen molar-refractivity contribution in [3.63, 3.8) is 0 Å². The zero-order chi connectivity index (χ0) is 46.1. The molecule has 68 heavy (non-hydrogen) atoms. The molecule has 0 spiro atoms. The van der Waals surface area contributed by atoms with Crippen molar-refractivity contribution in [2.75, 3.05) is 9.80 Å². The number of hydrogen-bond donors (Lipinski definition) is 0. The van der Waals surface area contributed by atoms with Crippen LogP contribution in [0.1, 0.15) is 88.8 Å². The monoisotopic (exact) mass is 1070 g/mol. The quantitative estimate of drug-likeness (QED) is 0.142. The van der Waals surface area contributed by atoms with E-state index in [0.717, 1.165) is 61.5 Å². The second kappa shape index (κ2) is 18.2. The molecule has 3 heterocycles. The average molecular weight is 1070 g/mol. The number of benzene rings is 7. The smallest absolute Gasteiger partial charge is 0.509 e. The Hall–Kier alpha value is -6.42. The van der Waals surface area contributed by atoms with Crippen LogP contribution in [0.2, 0.25) is 0 Å². The number of anilines is 4. The van der Waals surface area contributed by atoms with Gasteiger partial charge in [0.2, 0.25) is 0 Å². The van der Waals surface area contributed by atoms with Gasteiger partial charge in [-0.25, -0.2) is 4.98 Å². The first-order valence-corrected chi connectivity index (χ1v) is 23.0. The Morgan fingerprint density at radius 3 is 1.85 bits per heavy atom. The van der Waals surface area contributed by atoms with Gasteiger partial charge in [-0.2, -0.15) is 6.07 Å². The van der Waals surface area contributed by atoms with Crippen molar-refractivity contribution in [3.8, 4) is 28.4 Å². The third-order valence-corrected chi connectivity index (χ3v) is 13.4. The summed E-state index contributed by atoms with van der Waals surface area (Å²) in [6.45, 7) is 24.9. The molecule has 0 unspecified atom stereocenters. The van der Waals surface area contributed by atoms with Gasteiger partial charge in [-0.05, 0) is 111 Å². The Morgan fingerprint density at radius 2 is 1.16 bits per heavy atom. The molecule has 1 aliphatic rings. The fraction of sp³-hybridized carbons (Fsp3) is 0.210. The molecule has 9 aromatic rings. The molecule has 0 fully saturated rings.